The molecule has 0 unspecified atom stereocenters. The van der Waals surface area contributed by atoms with Crippen molar-refractivity contribution in [2.24, 2.45) is 0 Å². The molecule has 1 heterocycles. The van der Waals surface area contributed by atoms with Gasteiger partial charge in [-0.3, -0.25) is 14.9 Å². The maximum absolute atomic E-state index is 12.6. The zero-order valence-corrected chi connectivity index (χ0v) is 17.8. The van der Waals surface area contributed by atoms with Crippen molar-refractivity contribution in [1.82, 2.24) is 0 Å². The summed E-state index contributed by atoms with van der Waals surface area (Å²) in [6.45, 7) is 3.82. The van der Waals surface area contributed by atoms with Crippen molar-refractivity contribution < 1.29 is 19.2 Å². The first-order chi connectivity index (χ1) is 14.9. The van der Waals surface area contributed by atoms with Crippen LogP contribution >= 0.6 is 11.3 Å². The van der Waals surface area contributed by atoms with E-state index >= 15 is 0 Å². The molecular weight excluding hydrogens is 416 g/mol. The van der Waals surface area contributed by atoms with Gasteiger partial charge in [-0.2, -0.15) is 0 Å². The predicted octanol–water partition coefficient (Wildman–Crippen LogP) is 5.46. The summed E-state index contributed by atoms with van der Waals surface area (Å²) in [6, 6.07) is 13.7. The van der Waals surface area contributed by atoms with E-state index in [4.69, 9.17) is 4.74 Å². The molecule has 0 aliphatic rings. The van der Waals surface area contributed by atoms with E-state index in [0.29, 0.717) is 16.1 Å². The van der Waals surface area contributed by atoms with Crippen molar-refractivity contribution in [1.29, 1.82) is 0 Å². The highest BCUT2D eigenvalue weighted by molar-refractivity contribution is 7.15. The standard InChI is InChI=1S/C23H20N2O5S/c1-3-30-23(27)21-19(17-5-4-6-18(13-17)25(28)29)14-31-22(21)24-20(26)12-11-16-9-7-15(2)8-10-16/h4-14H,3H2,1-2H3,(H,24,26)/b12-11+. The van der Waals surface area contributed by atoms with E-state index in [2.05, 4.69) is 5.32 Å². The van der Waals surface area contributed by atoms with Gasteiger partial charge in [0.1, 0.15) is 10.6 Å². The number of hydrogen-bond donors (Lipinski definition) is 1. The highest BCUT2D eigenvalue weighted by atomic mass is 32.1. The Hall–Kier alpha value is -3.78. The number of anilines is 1. The lowest BCUT2D eigenvalue weighted by Gasteiger charge is -2.08. The van der Waals surface area contributed by atoms with Gasteiger partial charge < -0.3 is 10.1 Å². The topological polar surface area (TPSA) is 98.5 Å². The van der Waals surface area contributed by atoms with Crippen LogP contribution in [0.3, 0.4) is 0 Å². The third-order valence-electron chi connectivity index (χ3n) is 4.38. The third-order valence-corrected chi connectivity index (χ3v) is 5.28. The number of nitro groups is 1. The van der Waals surface area contributed by atoms with Gasteiger partial charge in [0.05, 0.1) is 11.5 Å². The smallest absolute Gasteiger partial charge is 0.341 e. The van der Waals surface area contributed by atoms with Crippen molar-refractivity contribution in [3.8, 4) is 11.1 Å². The number of hydrogen-bond acceptors (Lipinski definition) is 6. The van der Waals surface area contributed by atoms with E-state index in [9.17, 15) is 19.7 Å². The van der Waals surface area contributed by atoms with Gasteiger partial charge in [0.15, 0.2) is 0 Å². The third kappa shape index (κ3) is 5.43. The van der Waals surface area contributed by atoms with Crippen LogP contribution in [0.25, 0.3) is 17.2 Å². The molecule has 0 spiro atoms. The number of benzene rings is 2. The Labute approximate surface area is 183 Å². The summed E-state index contributed by atoms with van der Waals surface area (Å²) >= 11 is 1.15. The van der Waals surface area contributed by atoms with Crippen molar-refractivity contribution in [2.45, 2.75) is 13.8 Å². The number of ether oxygens (including phenoxy) is 1. The molecule has 0 atom stereocenters. The molecule has 3 aromatic rings. The van der Waals surface area contributed by atoms with Crippen molar-refractivity contribution in [3.05, 3.63) is 86.8 Å². The molecule has 0 aliphatic carbocycles. The van der Waals surface area contributed by atoms with Crippen LogP contribution in [-0.2, 0) is 9.53 Å². The number of amides is 1. The lowest BCUT2D eigenvalue weighted by atomic mass is 10.0. The van der Waals surface area contributed by atoms with Gasteiger partial charge in [0, 0.05) is 29.2 Å². The van der Waals surface area contributed by atoms with Crippen LogP contribution in [0.5, 0.6) is 0 Å². The molecule has 1 aromatic heterocycles. The molecule has 0 saturated carbocycles. The van der Waals surface area contributed by atoms with Crippen LogP contribution in [-0.4, -0.2) is 23.4 Å². The number of non-ortho nitro benzene ring substituents is 1. The summed E-state index contributed by atoms with van der Waals surface area (Å²) in [5.74, 6) is -1.01. The number of esters is 1. The fraction of sp³-hybridized carbons (Fsp3) is 0.130. The summed E-state index contributed by atoms with van der Waals surface area (Å²) in [6.07, 6.45) is 3.06. The van der Waals surface area contributed by atoms with Gasteiger partial charge in [0.2, 0.25) is 5.91 Å². The first kappa shape index (κ1) is 21.9. The zero-order chi connectivity index (χ0) is 22.4. The van der Waals surface area contributed by atoms with Gasteiger partial charge >= 0.3 is 5.97 Å². The van der Waals surface area contributed by atoms with Gasteiger partial charge in [-0.15, -0.1) is 11.3 Å². The summed E-state index contributed by atoms with van der Waals surface area (Å²) < 4.78 is 5.15. The second-order valence-electron chi connectivity index (χ2n) is 6.61. The maximum Gasteiger partial charge on any atom is 0.341 e. The van der Waals surface area contributed by atoms with Crippen LogP contribution in [0.2, 0.25) is 0 Å². The summed E-state index contributed by atoms with van der Waals surface area (Å²) in [5.41, 5.74) is 3.02. The Morgan fingerprint density at radius 2 is 1.94 bits per heavy atom. The molecule has 1 N–H and O–H groups in total. The second kappa shape index (κ2) is 9.82. The molecule has 0 aliphatic heterocycles. The molecule has 3 rings (SSSR count). The molecule has 8 heteroatoms. The van der Waals surface area contributed by atoms with Crippen LogP contribution in [0.1, 0.15) is 28.4 Å². The van der Waals surface area contributed by atoms with E-state index in [1.54, 1.807) is 30.5 Å². The largest absolute Gasteiger partial charge is 0.462 e. The Morgan fingerprint density at radius 3 is 2.61 bits per heavy atom. The molecule has 2 aromatic carbocycles. The maximum atomic E-state index is 12.6. The summed E-state index contributed by atoms with van der Waals surface area (Å²) in [4.78, 5) is 35.7. The highest BCUT2D eigenvalue weighted by Crippen LogP contribution is 2.37. The van der Waals surface area contributed by atoms with Crippen molar-refractivity contribution in [2.75, 3.05) is 11.9 Å². The summed E-state index contributed by atoms with van der Waals surface area (Å²) in [5, 5.41) is 15.8. The quantitative estimate of drug-likeness (QED) is 0.229. The van der Waals surface area contributed by atoms with E-state index in [0.717, 1.165) is 22.5 Å². The lowest BCUT2D eigenvalue weighted by molar-refractivity contribution is -0.384. The Bertz CT molecular complexity index is 1150. The number of thiophene rings is 1. The first-order valence-corrected chi connectivity index (χ1v) is 10.4. The molecule has 1 amide bonds. The molecule has 0 fully saturated rings. The van der Waals surface area contributed by atoms with E-state index in [1.807, 2.05) is 31.2 Å². The second-order valence-corrected chi connectivity index (χ2v) is 7.49. The SMILES string of the molecule is CCOC(=O)c1c(-c2cccc([N+](=O)[O-])c2)csc1NC(=O)/C=C/c1ccc(C)cc1. The number of rotatable bonds is 7. The Kier molecular flexibility index (Phi) is 6.94. The van der Waals surface area contributed by atoms with Crippen molar-refractivity contribution in [3.63, 3.8) is 0 Å². The van der Waals surface area contributed by atoms with Gasteiger partial charge in [-0.1, -0.05) is 42.0 Å². The van der Waals surface area contributed by atoms with E-state index in [1.165, 1.54) is 18.2 Å². The summed E-state index contributed by atoms with van der Waals surface area (Å²) in [7, 11) is 0. The van der Waals surface area contributed by atoms with Crippen LogP contribution in [0.4, 0.5) is 10.7 Å². The minimum atomic E-state index is -0.608. The molecule has 7 nitrogen and oxygen atoms in total. The van der Waals surface area contributed by atoms with Gasteiger partial charge in [-0.25, -0.2) is 4.79 Å². The number of aryl methyl sites for hydroxylation is 1. The molecule has 0 saturated heterocycles. The van der Waals surface area contributed by atoms with E-state index in [-0.39, 0.29) is 17.9 Å². The van der Waals surface area contributed by atoms with Crippen molar-refractivity contribution >= 4 is 40.0 Å². The average molecular weight is 436 g/mol. The van der Waals surface area contributed by atoms with Crippen LogP contribution < -0.4 is 5.32 Å². The Balaban J connectivity index is 1.90. The van der Waals surface area contributed by atoms with E-state index < -0.39 is 16.8 Å². The molecule has 0 bridgehead atoms. The number of nitro benzene ring substituents is 1. The predicted molar refractivity (Wildman–Crippen MR) is 121 cm³/mol. The fourth-order valence-electron chi connectivity index (χ4n) is 2.86. The highest BCUT2D eigenvalue weighted by Gasteiger charge is 2.23. The van der Waals surface area contributed by atoms with Gasteiger partial charge in [-0.05, 0) is 31.1 Å². The Morgan fingerprint density at radius 1 is 1.19 bits per heavy atom. The number of carbonyl (C=O) groups is 2. The monoisotopic (exact) mass is 436 g/mol. The molecule has 0 radical (unpaired) electrons. The number of carbonyl (C=O) groups excluding carboxylic acids is 2. The van der Waals surface area contributed by atoms with Crippen LogP contribution in [0, 0.1) is 17.0 Å². The van der Waals surface area contributed by atoms with Crippen LogP contribution in [0.15, 0.2) is 60.0 Å². The van der Waals surface area contributed by atoms with Gasteiger partial charge in [0.25, 0.3) is 5.69 Å². The minimum Gasteiger partial charge on any atom is -0.462 e. The average Bonchev–Trinajstić information content (AvgIpc) is 3.17. The lowest BCUT2D eigenvalue weighted by Crippen LogP contribution is -2.12. The minimum absolute atomic E-state index is 0.0925. The first-order valence-electron chi connectivity index (χ1n) is 9.48. The zero-order valence-electron chi connectivity index (χ0n) is 17.0. The number of nitrogens with one attached hydrogen (secondary N) is 1. The molecular formula is C23H20N2O5S. The fourth-order valence-corrected chi connectivity index (χ4v) is 3.82. The molecule has 158 valence electrons. The number of nitrogens with zero attached hydrogens (tertiary/aromatic N) is 1. The normalized spacial score (nSPS) is 10.8. The molecule has 31 heavy (non-hydrogen) atoms.